The summed E-state index contributed by atoms with van der Waals surface area (Å²) in [7, 11) is 0. The first-order chi connectivity index (χ1) is 19.4. The van der Waals surface area contributed by atoms with Gasteiger partial charge in [0.1, 0.15) is 6.10 Å². The summed E-state index contributed by atoms with van der Waals surface area (Å²) >= 11 is 0. The van der Waals surface area contributed by atoms with Crippen LogP contribution in [0.3, 0.4) is 0 Å². The number of ether oxygens (including phenoxy) is 1. The molecular weight excluding hydrogens is 510 g/mol. The second-order valence-electron chi connectivity index (χ2n) is 9.41. The van der Waals surface area contributed by atoms with Gasteiger partial charge in [-0.05, 0) is 29.3 Å². The molecule has 40 heavy (non-hydrogen) atoms. The average molecular weight is 540 g/mol. The normalized spacial score (nSPS) is 12.8. The van der Waals surface area contributed by atoms with Gasteiger partial charge < -0.3 is 25.3 Å². The number of para-hydroxylation sites is 2. The van der Waals surface area contributed by atoms with Gasteiger partial charge in [-0.25, -0.2) is 9.67 Å². The molecular formula is C30H29N5O5. The smallest absolute Gasteiger partial charge is 0.267 e. The molecule has 2 aromatic heterocycles. The topological polar surface area (TPSA) is 145 Å². The molecule has 0 fully saturated rings. The van der Waals surface area contributed by atoms with Crippen molar-refractivity contribution in [3.05, 3.63) is 118 Å². The van der Waals surface area contributed by atoms with Crippen molar-refractivity contribution >= 4 is 22.8 Å². The van der Waals surface area contributed by atoms with E-state index in [1.54, 1.807) is 53.1 Å². The lowest BCUT2D eigenvalue weighted by Crippen LogP contribution is -2.24. The summed E-state index contributed by atoms with van der Waals surface area (Å²) in [4.78, 5) is 29.6. The van der Waals surface area contributed by atoms with Gasteiger partial charge in [0.05, 0.1) is 36.8 Å². The minimum atomic E-state index is -1.28. The Morgan fingerprint density at radius 2 is 1.73 bits per heavy atom. The predicted octanol–water partition coefficient (Wildman–Crippen LogP) is 2.97. The zero-order valence-corrected chi connectivity index (χ0v) is 21.6. The molecule has 0 saturated heterocycles. The number of carbonyl (C=O) groups excluding carboxylic acids is 1. The van der Waals surface area contributed by atoms with Gasteiger partial charge >= 0.3 is 0 Å². The van der Waals surface area contributed by atoms with Gasteiger partial charge in [0.2, 0.25) is 11.8 Å². The van der Waals surface area contributed by atoms with Crippen molar-refractivity contribution in [2.45, 2.75) is 31.7 Å². The number of nitrogens with two attached hydrogens (primary N) is 1. The lowest BCUT2D eigenvalue weighted by Gasteiger charge is -2.14. The van der Waals surface area contributed by atoms with Crippen molar-refractivity contribution in [1.82, 2.24) is 19.3 Å². The molecule has 0 aliphatic carbocycles. The molecule has 0 amide bonds. The highest BCUT2D eigenvalue weighted by atomic mass is 16.5. The highest BCUT2D eigenvalue weighted by Gasteiger charge is 2.19. The van der Waals surface area contributed by atoms with E-state index in [0.29, 0.717) is 29.1 Å². The summed E-state index contributed by atoms with van der Waals surface area (Å²) in [5.74, 6) is 0.121. The van der Waals surface area contributed by atoms with E-state index >= 15 is 0 Å². The summed E-state index contributed by atoms with van der Waals surface area (Å²) in [6.45, 7) is 0.533. The first-order valence-electron chi connectivity index (χ1n) is 12.8. The summed E-state index contributed by atoms with van der Waals surface area (Å²) in [6.07, 6.45) is -1.72. The van der Waals surface area contributed by atoms with Crippen LogP contribution in [0.4, 0.5) is 5.95 Å². The number of ketones is 1. The van der Waals surface area contributed by atoms with E-state index in [0.717, 1.165) is 11.0 Å². The number of anilines is 1. The number of carbonyl (C=O) groups is 1. The van der Waals surface area contributed by atoms with Crippen molar-refractivity contribution in [3.63, 3.8) is 0 Å². The lowest BCUT2D eigenvalue weighted by atomic mass is 9.98. The second-order valence-corrected chi connectivity index (χ2v) is 9.41. The second kappa shape index (κ2) is 11.9. The molecule has 4 N–H and O–H groups in total. The standard InChI is InChI=1S/C30H29N5O5/c31-30-32-24-11-4-5-12-25(24)34(30)19-23(36)15-16-40-26-13-14-27(37)35(33-26)18-20-7-6-10-22(17-20)29(39)28(38)21-8-2-1-3-9-21/h1-14,17,23,28,36,38H,15-16,18-19H2,(H2,31,32). The van der Waals surface area contributed by atoms with Gasteiger partial charge in [0, 0.05) is 24.1 Å². The number of hydrogen-bond donors (Lipinski definition) is 3. The number of rotatable bonds is 11. The number of nitrogen functional groups attached to an aromatic ring is 1. The third-order valence-electron chi connectivity index (χ3n) is 6.53. The van der Waals surface area contributed by atoms with Gasteiger partial charge in [-0.15, -0.1) is 5.10 Å². The maximum absolute atomic E-state index is 12.8. The fourth-order valence-electron chi connectivity index (χ4n) is 4.45. The van der Waals surface area contributed by atoms with Crippen molar-refractivity contribution in [3.8, 4) is 5.88 Å². The third-order valence-corrected chi connectivity index (χ3v) is 6.53. The van der Waals surface area contributed by atoms with E-state index in [9.17, 15) is 19.8 Å². The molecule has 10 nitrogen and oxygen atoms in total. The Balaban J connectivity index is 1.20. The molecule has 0 bridgehead atoms. The van der Waals surface area contributed by atoms with Crippen molar-refractivity contribution in [2.75, 3.05) is 12.3 Å². The number of fused-ring (bicyclic) bond motifs is 1. The van der Waals surface area contributed by atoms with Crippen LogP contribution < -0.4 is 16.0 Å². The maximum Gasteiger partial charge on any atom is 0.267 e. The molecule has 2 atom stereocenters. The maximum atomic E-state index is 12.8. The number of nitrogens with zero attached hydrogens (tertiary/aromatic N) is 4. The number of imidazole rings is 1. The Morgan fingerprint density at radius 1 is 0.950 bits per heavy atom. The molecule has 0 radical (unpaired) electrons. The summed E-state index contributed by atoms with van der Waals surface area (Å²) in [5, 5.41) is 25.3. The van der Waals surface area contributed by atoms with Gasteiger partial charge in [-0.3, -0.25) is 9.59 Å². The van der Waals surface area contributed by atoms with E-state index in [1.165, 1.54) is 16.8 Å². The van der Waals surface area contributed by atoms with Crippen molar-refractivity contribution in [1.29, 1.82) is 0 Å². The van der Waals surface area contributed by atoms with Crippen LogP contribution in [0.2, 0.25) is 0 Å². The van der Waals surface area contributed by atoms with Crippen LogP contribution in [0.25, 0.3) is 11.0 Å². The predicted molar refractivity (Wildman–Crippen MR) is 150 cm³/mol. The van der Waals surface area contributed by atoms with E-state index in [2.05, 4.69) is 10.1 Å². The van der Waals surface area contributed by atoms with E-state index in [1.807, 2.05) is 30.3 Å². The molecule has 10 heteroatoms. The lowest BCUT2D eigenvalue weighted by molar-refractivity contribution is 0.0747. The van der Waals surface area contributed by atoms with E-state index in [-0.39, 0.29) is 31.1 Å². The zero-order valence-electron chi connectivity index (χ0n) is 21.6. The highest BCUT2D eigenvalue weighted by molar-refractivity contribution is 6.00. The molecule has 5 rings (SSSR count). The third kappa shape index (κ3) is 6.09. The van der Waals surface area contributed by atoms with Gasteiger partial charge in [-0.1, -0.05) is 60.7 Å². The van der Waals surface area contributed by atoms with Crippen LogP contribution in [0, 0.1) is 0 Å². The van der Waals surface area contributed by atoms with E-state index in [4.69, 9.17) is 10.5 Å². The summed E-state index contributed by atoms with van der Waals surface area (Å²) in [5.41, 5.74) is 8.79. The zero-order chi connectivity index (χ0) is 28.1. The minimum absolute atomic E-state index is 0.105. The average Bonchev–Trinajstić information content (AvgIpc) is 3.29. The number of Topliss-reactive ketones (excluding diaryl/α,β-unsaturated/α-hetero) is 1. The molecule has 5 aromatic rings. The highest BCUT2D eigenvalue weighted by Crippen LogP contribution is 2.20. The SMILES string of the molecule is Nc1nc2ccccc2n1CC(O)CCOc1ccc(=O)n(Cc2cccc(C(=O)C(O)c3ccccc3)c2)n1. The van der Waals surface area contributed by atoms with Crippen LogP contribution in [-0.4, -0.2) is 48.0 Å². The van der Waals surface area contributed by atoms with Crippen LogP contribution >= 0.6 is 0 Å². The molecule has 0 aliphatic heterocycles. The molecule has 0 saturated carbocycles. The van der Waals surface area contributed by atoms with Crippen LogP contribution in [0.5, 0.6) is 5.88 Å². The first kappa shape index (κ1) is 26.8. The minimum Gasteiger partial charge on any atom is -0.477 e. The van der Waals surface area contributed by atoms with Crippen LogP contribution in [0.1, 0.15) is 34.0 Å². The fourth-order valence-corrected chi connectivity index (χ4v) is 4.45. The van der Waals surface area contributed by atoms with E-state index < -0.39 is 18.0 Å². The molecule has 2 heterocycles. The molecule has 0 aliphatic rings. The molecule has 204 valence electrons. The van der Waals surface area contributed by atoms with Gasteiger partial charge in [-0.2, -0.15) is 0 Å². The Morgan fingerprint density at radius 3 is 2.55 bits per heavy atom. The Hall–Kier alpha value is -4.80. The number of aliphatic hydroxyl groups is 2. The van der Waals surface area contributed by atoms with Crippen LogP contribution in [-0.2, 0) is 13.1 Å². The molecule has 3 aromatic carbocycles. The van der Waals surface area contributed by atoms with Crippen molar-refractivity contribution < 1.29 is 19.7 Å². The number of hydrogen-bond acceptors (Lipinski definition) is 8. The fraction of sp³-hybridized carbons (Fsp3) is 0.200. The molecule has 0 spiro atoms. The number of benzene rings is 3. The monoisotopic (exact) mass is 539 g/mol. The summed E-state index contributed by atoms with van der Waals surface area (Å²) in [6, 6.07) is 25.8. The number of aromatic nitrogens is 4. The Bertz CT molecular complexity index is 1680. The largest absolute Gasteiger partial charge is 0.477 e. The van der Waals surface area contributed by atoms with Gasteiger partial charge in [0.25, 0.3) is 5.56 Å². The van der Waals surface area contributed by atoms with Gasteiger partial charge in [0.15, 0.2) is 5.78 Å². The first-order valence-corrected chi connectivity index (χ1v) is 12.8. The summed E-state index contributed by atoms with van der Waals surface area (Å²) < 4.78 is 8.71. The van der Waals surface area contributed by atoms with Crippen LogP contribution in [0.15, 0.2) is 95.8 Å². The Kier molecular flexibility index (Phi) is 7.99. The Labute approximate surface area is 229 Å². The number of aliphatic hydroxyl groups excluding tert-OH is 2. The van der Waals surface area contributed by atoms with Crippen molar-refractivity contribution in [2.24, 2.45) is 0 Å². The molecule has 2 unspecified atom stereocenters. The quantitative estimate of drug-likeness (QED) is 0.217.